The molecule has 0 amide bonds. The van der Waals surface area contributed by atoms with E-state index in [0.29, 0.717) is 30.0 Å². The molecule has 1 fully saturated rings. The molecule has 1 saturated carbocycles. The summed E-state index contributed by atoms with van der Waals surface area (Å²) in [6.07, 6.45) is 7.40. The number of hydrogen-bond acceptors (Lipinski definition) is 4. The van der Waals surface area contributed by atoms with Gasteiger partial charge in [0.05, 0.1) is 6.04 Å². The maximum absolute atomic E-state index is 12.5. The van der Waals surface area contributed by atoms with Crippen molar-refractivity contribution in [2.45, 2.75) is 57.0 Å². The fourth-order valence-corrected chi connectivity index (χ4v) is 3.43. The number of ketones is 1. The van der Waals surface area contributed by atoms with Gasteiger partial charge in [-0.25, -0.2) is 0 Å². The predicted octanol–water partition coefficient (Wildman–Crippen LogP) is 2.52. The number of aromatic hydroxyl groups is 2. The Hall–Kier alpha value is -1.55. The summed E-state index contributed by atoms with van der Waals surface area (Å²) in [4.78, 5) is 12.5. The van der Waals surface area contributed by atoms with E-state index in [0.717, 1.165) is 12.8 Å². The Morgan fingerprint density at radius 1 is 1.05 bits per heavy atom. The van der Waals surface area contributed by atoms with Crippen LogP contribution in [0.4, 0.5) is 0 Å². The lowest BCUT2D eigenvalue weighted by Crippen LogP contribution is -2.46. The normalized spacial score (nSPS) is 23.6. The largest absolute Gasteiger partial charge is 0.504 e. The Bertz CT molecular complexity index is 521. The van der Waals surface area contributed by atoms with E-state index in [1.807, 2.05) is 0 Å². The van der Waals surface area contributed by atoms with Crippen molar-refractivity contribution in [2.75, 3.05) is 0 Å². The van der Waals surface area contributed by atoms with Crippen LogP contribution in [0.15, 0.2) is 12.1 Å². The molecule has 2 aliphatic carbocycles. The highest BCUT2D eigenvalue weighted by molar-refractivity contribution is 6.03. The van der Waals surface area contributed by atoms with Crippen molar-refractivity contribution in [3.63, 3.8) is 0 Å². The van der Waals surface area contributed by atoms with Gasteiger partial charge < -0.3 is 15.5 Å². The van der Waals surface area contributed by atoms with Crippen LogP contribution in [0.1, 0.15) is 54.4 Å². The first-order chi connectivity index (χ1) is 9.66. The van der Waals surface area contributed by atoms with Crippen LogP contribution in [0.5, 0.6) is 11.5 Å². The molecule has 0 heterocycles. The van der Waals surface area contributed by atoms with Crippen LogP contribution in [-0.2, 0) is 6.42 Å². The van der Waals surface area contributed by atoms with Crippen molar-refractivity contribution in [3.8, 4) is 11.5 Å². The Balaban J connectivity index is 1.77. The summed E-state index contributed by atoms with van der Waals surface area (Å²) in [7, 11) is 0. The fourth-order valence-electron chi connectivity index (χ4n) is 3.43. The van der Waals surface area contributed by atoms with Gasteiger partial charge >= 0.3 is 0 Å². The molecule has 1 atom stereocenters. The molecule has 0 aliphatic heterocycles. The molecule has 0 saturated heterocycles. The zero-order valence-corrected chi connectivity index (χ0v) is 11.6. The van der Waals surface area contributed by atoms with Crippen LogP contribution in [0.3, 0.4) is 0 Å². The monoisotopic (exact) mass is 275 g/mol. The molecule has 0 spiro atoms. The lowest BCUT2D eigenvalue weighted by Gasteiger charge is -2.31. The van der Waals surface area contributed by atoms with Crippen molar-refractivity contribution in [2.24, 2.45) is 0 Å². The van der Waals surface area contributed by atoms with Gasteiger partial charge in [-0.1, -0.05) is 19.3 Å². The molecule has 4 nitrogen and oxygen atoms in total. The predicted molar refractivity (Wildman–Crippen MR) is 76.2 cm³/mol. The van der Waals surface area contributed by atoms with Crippen molar-refractivity contribution >= 4 is 5.78 Å². The van der Waals surface area contributed by atoms with E-state index in [-0.39, 0.29) is 23.3 Å². The van der Waals surface area contributed by atoms with Gasteiger partial charge in [-0.3, -0.25) is 4.79 Å². The standard InChI is InChI=1S/C16H21NO3/c18-14-9-7-11-12(16(14)20)6-8-13(15(11)19)17-10-4-2-1-3-5-10/h7,9-10,13,17-18,20H,1-6,8H2. The van der Waals surface area contributed by atoms with E-state index in [4.69, 9.17) is 0 Å². The zero-order valence-electron chi connectivity index (χ0n) is 11.6. The van der Waals surface area contributed by atoms with E-state index >= 15 is 0 Å². The molecule has 4 heteroatoms. The van der Waals surface area contributed by atoms with Crippen molar-refractivity contribution < 1.29 is 15.0 Å². The molecule has 0 aromatic heterocycles. The van der Waals surface area contributed by atoms with Crippen LogP contribution in [0, 0.1) is 0 Å². The molecule has 0 bridgehead atoms. The molecule has 20 heavy (non-hydrogen) atoms. The number of carbonyl (C=O) groups excluding carboxylic acids is 1. The number of phenols is 2. The molecular formula is C16H21NO3. The van der Waals surface area contributed by atoms with Crippen molar-refractivity contribution in [1.29, 1.82) is 0 Å². The van der Waals surface area contributed by atoms with Crippen molar-refractivity contribution in [1.82, 2.24) is 5.32 Å². The number of Topliss-reactive ketones (excluding diaryl/α,β-unsaturated/α-hetero) is 1. The Labute approximate surface area is 118 Å². The minimum atomic E-state index is -0.144. The zero-order chi connectivity index (χ0) is 14.1. The lowest BCUT2D eigenvalue weighted by atomic mass is 9.85. The average molecular weight is 275 g/mol. The van der Waals surface area contributed by atoms with Gasteiger partial charge in [0, 0.05) is 17.2 Å². The highest BCUT2D eigenvalue weighted by Crippen LogP contribution is 2.36. The van der Waals surface area contributed by atoms with Gasteiger partial charge in [-0.2, -0.15) is 0 Å². The van der Waals surface area contributed by atoms with E-state index in [1.54, 1.807) is 6.07 Å². The van der Waals surface area contributed by atoms with Crippen LogP contribution >= 0.6 is 0 Å². The minimum absolute atomic E-state index is 0.0483. The van der Waals surface area contributed by atoms with Crippen LogP contribution in [0.2, 0.25) is 0 Å². The van der Waals surface area contributed by atoms with E-state index in [1.165, 1.54) is 25.3 Å². The number of rotatable bonds is 2. The van der Waals surface area contributed by atoms with Gasteiger partial charge in [0.25, 0.3) is 0 Å². The molecule has 1 aromatic carbocycles. The summed E-state index contributed by atoms with van der Waals surface area (Å²) in [5.41, 5.74) is 1.15. The first-order valence-electron chi connectivity index (χ1n) is 7.51. The summed E-state index contributed by atoms with van der Waals surface area (Å²) in [6, 6.07) is 3.33. The molecular weight excluding hydrogens is 254 g/mol. The Kier molecular flexibility index (Phi) is 3.66. The molecule has 1 unspecified atom stereocenters. The quantitative estimate of drug-likeness (QED) is 0.725. The highest BCUT2D eigenvalue weighted by Gasteiger charge is 2.31. The SMILES string of the molecule is O=C1c2ccc(O)c(O)c2CCC1NC1CCCCC1. The number of benzene rings is 1. The van der Waals surface area contributed by atoms with E-state index < -0.39 is 0 Å². The summed E-state index contributed by atoms with van der Waals surface area (Å²) in [5, 5.41) is 22.8. The first-order valence-corrected chi connectivity index (χ1v) is 7.51. The summed E-state index contributed by atoms with van der Waals surface area (Å²) >= 11 is 0. The number of carbonyl (C=O) groups is 1. The average Bonchev–Trinajstić information content (AvgIpc) is 2.47. The van der Waals surface area contributed by atoms with Crippen LogP contribution in [-0.4, -0.2) is 28.1 Å². The number of nitrogens with one attached hydrogen (secondary N) is 1. The van der Waals surface area contributed by atoms with E-state index in [9.17, 15) is 15.0 Å². The third kappa shape index (κ3) is 2.40. The second kappa shape index (κ2) is 5.44. The minimum Gasteiger partial charge on any atom is -0.504 e. The summed E-state index contributed by atoms with van der Waals surface area (Å²) in [6.45, 7) is 0. The third-order valence-corrected chi connectivity index (χ3v) is 4.57. The maximum atomic E-state index is 12.5. The molecule has 3 rings (SSSR count). The molecule has 1 aromatic rings. The second-order valence-corrected chi connectivity index (χ2v) is 5.92. The number of fused-ring (bicyclic) bond motifs is 1. The smallest absolute Gasteiger partial charge is 0.180 e. The molecule has 0 radical (unpaired) electrons. The van der Waals surface area contributed by atoms with Crippen LogP contribution < -0.4 is 5.32 Å². The summed E-state index contributed by atoms with van der Waals surface area (Å²) < 4.78 is 0. The molecule has 3 N–H and O–H groups in total. The third-order valence-electron chi connectivity index (χ3n) is 4.57. The first kappa shape index (κ1) is 13.4. The van der Waals surface area contributed by atoms with Crippen LogP contribution in [0.25, 0.3) is 0 Å². The maximum Gasteiger partial charge on any atom is 0.180 e. The van der Waals surface area contributed by atoms with Gasteiger partial charge in [-0.05, 0) is 37.8 Å². The Morgan fingerprint density at radius 2 is 1.80 bits per heavy atom. The second-order valence-electron chi connectivity index (χ2n) is 5.92. The lowest BCUT2D eigenvalue weighted by molar-refractivity contribution is 0.0914. The van der Waals surface area contributed by atoms with Gasteiger partial charge in [-0.15, -0.1) is 0 Å². The number of phenolic OH excluding ortho intramolecular Hbond substituents is 2. The number of hydrogen-bond donors (Lipinski definition) is 3. The van der Waals surface area contributed by atoms with Gasteiger partial charge in [0.1, 0.15) is 0 Å². The van der Waals surface area contributed by atoms with E-state index in [2.05, 4.69) is 5.32 Å². The highest BCUT2D eigenvalue weighted by atomic mass is 16.3. The Morgan fingerprint density at radius 3 is 2.55 bits per heavy atom. The molecule has 108 valence electrons. The fraction of sp³-hybridized carbons (Fsp3) is 0.562. The van der Waals surface area contributed by atoms with Gasteiger partial charge in [0.15, 0.2) is 17.3 Å². The van der Waals surface area contributed by atoms with Gasteiger partial charge in [0.2, 0.25) is 0 Å². The van der Waals surface area contributed by atoms with Crippen molar-refractivity contribution in [3.05, 3.63) is 23.3 Å². The molecule has 2 aliphatic rings. The topological polar surface area (TPSA) is 69.6 Å². The summed E-state index contributed by atoms with van der Waals surface area (Å²) in [5.74, 6) is -0.227.